The van der Waals surface area contributed by atoms with Gasteiger partial charge < -0.3 is 9.59 Å². The highest BCUT2D eigenvalue weighted by Gasteiger charge is 2.30. The van der Waals surface area contributed by atoms with E-state index in [-0.39, 0.29) is 12.1 Å². The second kappa shape index (κ2) is 14.9. The van der Waals surface area contributed by atoms with Crippen LogP contribution in [0.4, 0.5) is 0 Å². The number of nitrogens with zero attached hydrogens (tertiary/aromatic N) is 2. The zero-order valence-corrected chi connectivity index (χ0v) is 25.2. The Morgan fingerprint density at radius 3 is 1.15 bits per heavy atom. The van der Waals surface area contributed by atoms with Crippen molar-refractivity contribution < 1.29 is 9.59 Å². The zero-order valence-electron chi connectivity index (χ0n) is 25.2. The van der Waals surface area contributed by atoms with Gasteiger partial charge in [-0.25, -0.2) is 0 Å². The van der Waals surface area contributed by atoms with E-state index in [0.717, 1.165) is 57.1 Å². The van der Waals surface area contributed by atoms with E-state index in [4.69, 9.17) is 0 Å². The maximum absolute atomic E-state index is 12.8. The van der Waals surface area contributed by atoms with Gasteiger partial charge in [0.15, 0.2) is 0 Å². The number of hydrogen-bond donors (Lipinski definition) is 2. The van der Waals surface area contributed by atoms with Crippen LogP contribution in [0.25, 0.3) is 22.3 Å². The summed E-state index contributed by atoms with van der Waals surface area (Å²) in [6.07, 6.45) is 8.92. The van der Waals surface area contributed by atoms with Crippen LogP contribution in [-0.2, 0) is 9.59 Å². The van der Waals surface area contributed by atoms with Crippen molar-refractivity contribution in [1.82, 2.24) is 20.6 Å². The van der Waals surface area contributed by atoms with Gasteiger partial charge in [0.05, 0.1) is 24.2 Å². The highest BCUT2D eigenvalue weighted by molar-refractivity contribution is 5.69. The third kappa shape index (κ3) is 7.21. The Bertz CT molecular complexity index is 1710. The quantitative estimate of drug-likeness (QED) is 0.132. The van der Waals surface area contributed by atoms with E-state index in [1.54, 1.807) is 24.8 Å². The fourth-order valence-corrected chi connectivity index (χ4v) is 5.82. The molecule has 6 aromatic rings. The second-order valence-electron chi connectivity index (χ2n) is 11.1. The Hall–Kier alpha value is -5.56. The number of benzene rings is 4. The molecule has 0 radical (unpaired) electrons. The van der Waals surface area contributed by atoms with Crippen molar-refractivity contribution in [3.05, 3.63) is 181 Å². The minimum atomic E-state index is -0.621. The van der Waals surface area contributed by atoms with Crippen LogP contribution < -0.4 is 10.6 Å². The Labute approximate surface area is 269 Å². The summed E-state index contributed by atoms with van der Waals surface area (Å²) in [6.45, 7) is 0. The van der Waals surface area contributed by atoms with E-state index >= 15 is 0 Å². The number of hydrogen-bond acceptors (Lipinski definition) is 6. The zero-order chi connectivity index (χ0) is 31.6. The number of aromatic nitrogens is 2. The summed E-state index contributed by atoms with van der Waals surface area (Å²) >= 11 is 0. The van der Waals surface area contributed by atoms with E-state index in [9.17, 15) is 9.59 Å². The van der Waals surface area contributed by atoms with E-state index in [0.29, 0.717) is 0 Å². The van der Waals surface area contributed by atoms with Crippen molar-refractivity contribution in [3.63, 3.8) is 0 Å². The normalized spacial score (nSPS) is 13.7. The number of aldehydes is 2. The van der Waals surface area contributed by atoms with Crippen molar-refractivity contribution in [2.24, 2.45) is 0 Å². The van der Waals surface area contributed by atoms with Crippen LogP contribution in [0.3, 0.4) is 0 Å². The first-order chi connectivity index (χ1) is 22.7. The second-order valence-corrected chi connectivity index (χ2v) is 11.1. The molecule has 4 atom stereocenters. The van der Waals surface area contributed by atoms with E-state index in [1.807, 2.05) is 133 Å². The fraction of sp³-hybridized carbons (Fsp3) is 0.100. The molecule has 6 heteroatoms. The Morgan fingerprint density at radius 1 is 0.413 bits per heavy atom. The van der Waals surface area contributed by atoms with E-state index < -0.39 is 12.1 Å². The molecule has 4 unspecified atom stereocenters. The Kier molecular flexibility index (Phi) is 9.90. The summed E-state index contributed by atoms with van der Waals surface area (Å²) in [5, 5.41) is 7.33. The first kappa shape index (κ1) is 30.5. The number of pyridine rings is 2. The van der Waals surface area contributed by atoms with Gasteiger partial charge in [0.2, 0.25) is 0 Å². The molecule has 0 aliphatic carbocycles. The smallest absolute Gasteiger partial charge is 0.141 e. The van der Waals surface area contributed by atoms with Gasteiger partial charge in [-0.3, -0.25) is 20.6 Å². The molecule has 226 valence electrons. The minimum Gasteiger partial charge on any atom is -0.301 e. The molecule has 2 aromatic heterocycles. The molecule has 4 aromatic carbocycles. The van der Waals surface area contributed by atoms with Gasteiger partial charge in [-0.1, -0.05) is 97.1 Å². The minimum absolute atomic E-state index is 0.380. The lowest BCUT2D eigenvalue weighted by Crippen LogP contribution is -2.39. The van der Waals surface area contributed by atoms with Crippen LogP contribution in [0.1, 0.15) is 46.4 Å². The van der Waals surface area contributed by atoms with Crippen LogP contribution >= 0.6 is 0 Å². The predicted octanol–water partition coefficient (Wildman–Crippen LogP) is 7.65. The molecule has 6 rings (SSSR count). The summed E-state index contributed by atoms with van der Waals surface area (Å²) in [6, 6.07) is 41.9. The average Bonchev–Trinajstić information content (AvgIpc) is 3.14. The first-order valence-electron chi connectivity index (χ1n) is 15.3. The fourth-order valence-electron chi connectivity index (χ4n) is 5.82. The number of nitrogens with one attached hydrogen (secondary N) is 2. The van der Waals surface area contributed by atoms with Gasteiger partial charge in [0.25, 0.3) is 0 Å². The van der Waals surface area contributed by atoms with Gasteiger partial charge in [0.1, 0.15) is 12.6 Å². The maximum atomic E-state index is 12.8. The maximum Gasteiger partial charge on any atom is 0.141 e. The van der Waals surface area contributed by atoms with Crippen molar-refractivity contribution in [1.29, 1.82) is 0 Å². The summed E-state index contributed by atoms with van der Waals surface area (Å²) in [4.78, 5) is 33.9. The lowest BCUT2D eigenvalue weighted by Gasteiger charge is -2.34. The number of carbonyl (C=O) groups excluding carboxylic acids is 2. The molecule has 2 heterocycles. The van der Waals surface area contributed by atoms with Gasteiger partial charge in [-0.05, 0) is 80.9 Å². The van der Waals surface area contributed by atoms with Gasteiger partial charge in [0, 0.05) is 24.8 Å². The molecular formula is C40H34N4O2. The number of carbonyl (C=O) groups is 2. The third-order valence-corrected chi connectivity index (χ3v) is 8.16. The molecule has 0 spiro atoms. The number of rotatable bonds is 13. The molecule has 0 aliphatic heterocycles. The van der Waals surface area contributed by atoms with Crippen LogP contribution in [-0.4, -0.2) is 22.5 Å². The molecule has 2 N–H and O–H groups in total. The monoisotopic (exact) mass is 602 g/mol. The average molecular weight is 603 g/mol. The van der Waals surface area contributed by atoms with Crippen molar-refractivity contribution >= 4 is 12.6 Å². The van der Waals surface area contributed by atoms with Crippen LogP contribution in [0.2, 0.25) is 0 Å². The van der Waals surface area contributed by atoms with Gasteiger partial charge in [-0.15, -0.1) is 0 Å². The molecule has 0 saturated heterocycles. The Balaban J connectivity index is 1.38. The van der Waals surface area contributed by atoms with Gasteiger partial charge in [-0.2, -0.15) is 0 Å². The highest BCUT2D eigenvalue weighted by Crippen LogP contribution is 2.34. The lowest BCUT2D eigenvalue weighted by molar-refractivity contribution is -0.111. The van der Waals surface area contributed by atoms with Crippen LogP contribution in [0.15, 0.2) is 158 Å². The topological polar surface area (TPSA) is 84.0 Å². The molecule has 0 amide bonds. The van der Waals surface area contributed by atoms with E-state index in [2.05, 4.69) is 20.6 Å². The Morgan fingerprint density at radius 2 is 0.783 bits per heavy atom. The highest BCUT2D eigenvalue weighted by atomic mass is 16.1. The summed E-state index contributed by atoms with van der Waals surface area (Å²) in [7, 11) is 0. The molecule has 46 heavy (non-hydrogen) atoms. The molecule has 0 saturated carbocycles. The molecule has 0 fully saturated rings. The van der Waals surface area contributed by atoms with E-state index in [1.165, 1.54) is 0 Å². The SMILES string of the molecule is O=CC(NC(c1ccccc1)C(NC(C=O)c1cccc(-c2ccncc2)c1)c1ccccc1)c1cccc(-c2ccncc2)c1. The molecular weight excluding hydrogens is 568 g/mol. The van der Waals surface area contributed by atoms with Crippen molar-refractivity contribution in [3.8, 4) is 22.3 Å². The summed E-state index contributed by atoms with van der Waals surface area (Å²) in [5.74, 6) is 0. The first-order valence-corrected chi connectivity index (χ1v) is 15.3. The van der Waals surface area contributed by atoms with Crippen LogP contribution in [0, 0.1) is 0 Å². The predicted molar refractivity (Wildman–Crippen MR) is 182 cm³/mol. The largest absolute Gasteiger partial charge is 0.301 e. The van der Waals surface area contributed by atoms with Crippen molar-refractivity contribution in [2.75, 3.05) is 0 Å². The summed E-state index contributed by atoms with van der Waals surface area (Å²) < 4.78 is 0. The molecule has 0 aliphatic rings. The van der Waals surface area contributed by atoms with Crippen LogP contribution in [0.5, 0.6) is 0 Å². The third-order valence-electron chi connectivity index (χ3n) is 8.16. The lowest BCUT2D eigenvalue weighted by atomic mass is 9.90. The summed E-state index contributed by atoms with van der Waals surface area (Å²) in [5.41, 5.74) is 7.69. The molecule has 0 bridgehead atoms. The standard InChI is InChI=1S/C40H34N4O2/c45-27-37(35-15-7-13-33(25-35)29-17-21-41-22-18-29)43-39(31-9-3-1-4-10-31)40(32-11-5-2-6-12-32)44-38(28-46)36-16-8-14-34(26-36)30-19-23-42-24-20-30/h1-28,37-40,43-44H. The van der Waals surface area contributed by atoms with Crippen molar-refractivity contribution in [2.45, 2.75) is 24.2 Å². The molecule has 6 nitrogen and oxygen atoms in total. The van der Waals surface area contributed by atoms with Gasteiger partial charge >= 0.3 is 0 Å².